The number of carbonyl (C=O) groups excluding carboxylic acids is 2. The van der Waals surface area contributed by atoms with Gasteiger partial charge in [-0.2, -0.15) is 9.90 Å². The summed E-state index contributed by atoms with van der Waals surface area (Å²) in [6.07, 6.45) is 0. The summed E-state index contributed by atoms with van der Waals surface area (Å²) in [7, 11) is 0. The Morgan fingerprint density at radius 1 is 0.968 bits per heavy atom. The quantitative estimate of drug-likeness (QED) is 0.393. The van der Waals surface area contributed by atoms with E-state index in [2.05, 4.69) is 15.5 Å². The Kier molecular flexibility index (Phi) is 7.58. The third-order valence-corrected chi connectivity index (χ3v) is 4.12. The van der Waals surface area contributed by atoms with Crippen LogP contribution in [0.5, 0.6) is 11.5 Å². The molecule has 1 aromatic heterocycles. The molecule has 0 spiro atoms. The van der Waals surface area contributed by atoms with E-state index >= 15 is 0 Å². The number of nitrogens with zero attached hydrogens (tertiary/aromatic N) is 3. The van der Waals surface area contributed by atoms with E-state index in [1.165, 1.54) is 4.80 Å². The van der Waals surface area contributed by atoms with Crippen LogP contribution in [0.1, 0.15) is 23.1 Å². The highest BCUT2D eigenvalue weighted by atomic mass is 16.5. The molecule has 0 fully saturated rings. The number of aryl methyl sites for hydroxylation is 1. The van der Waals surface area contributed by atoms with Gasteiger partial charge in [0.05, 0.1) is 24.5 Å². The van der Waals surface area contributed by atoms with E-state index in [0.717, 1.165) is 11.4 Å². The molecule has 2 aromatic carbocycles. The molecule has 0 bridgehead atoms. The molecule has 0 aliphatic heterocycles. The van der Waals surface area contributed by atoms with E-state index in [-0.39, 0.29) is 18.8 Å². The molecule has 1 amide bonds. The van der Waals surface area contributed by atoms with Crippen molar-refractivity contribution in [3.63, 3.8) is 0 Å². The molecular formula is C22H24N4O5. The highest BCUT2D eigenvalue weighted by Crippen LogP contribution is 2.17. The van der Waals surface area contributed by atoms with Crippen molar-refractivity contribution in [3.8, 4) is 17.2 Å². The van der Waals surface area contributed by atoms with Crippen molar-refractivity contribution >= 4 is 11.9 Å². The van der Waals surface area contributed by atoms with Crippen LogP contribution in [0.3, 0.4) is 0 Å². The molecule has 3 aromatic rings. The van der Waals surface area contributed by atoms with Crippen LogP contribution >= 0.6 is 0 Å². The fraction of sp³-hybridized carbons (Fsp3) is 0.273. The van der Waals surface area contributed by atoms with E-state index in [1.807, 2.05) is 49.4 Å². The summed E-state index contributed by atoms with van der Waals surface area (Å²) in [4.78, 5) is 25.5. The minimum atomic E-state index is -0.708. The van der Waals surface area contributed by atoms with Crippen molar-refractivity contribution in [2.75, 3.05) is 26.4 Å². The normalized spacial score (nSPS) is 10.4. The fourth-order valence-electron chi connectivity index (χ4n) is 2.65. The standard InChI is InChI=1S/C22H24N4O5/c1-3-29-18-9-11-19(12-10-18)30-14-13-23-20(27)15-31-22(28)21-16(2)24-26(25-21)17-7-5-4-6-8-17/h4-12H,3,13-15H2,1-2H3,(H,23,27). The summed E-state index contributed by atoms with van der Waals surface area (Å²) in [5.74, 6) is 0.294. The van der Waals surface area contributed by atoms with Crippen molar-refractivity contribution in [3.05, 3.63) is 66.0 Å². The molecule has 0 atom stereocenters. The molecule has 0 aliphatic rings. The van der Waals surface area contributed by atoms with Crippen molar-refractivity contribution in [1.29, 1.82) is 0 Å². The van der Waals surface area contributed by atoms with Crippen molar-refractivity contribution in [2.45, 2.75) is 13.8 Å². The summed E-state index contributed by atoms with van der Waals surface area (Å²) in [5.41, 5.74) is 1.20. The first kappa shape index (κ1) is 21.8. The van der Waals surface area contributed by atoms with Gasteiger partial charge in [-0.3, -0.25) is 4.79 Å². The summed E-state index contributed by atoms with van der Waals surface area (Å²) in [6, 6.07) is 16.4. The zero-order chi connectivity index (χ0) is 22.1. The number of hydrogen-bond donors (Lipinski definition) is 1. The van der Waals surface area contributed by atoms with Gasteiger partial charge in [0.1, 0.15) is 18.1 Å². The number of aromatic nitrogens is 3. The van der Waals surface area contributed by atoms with Crippen molar-refractivity contribution < 1.29 is 23.8 Å². The van der Waals surface area contributed by atoms with Gasteiger partial charge in [0.25, 0.3) is 5.91 Å². The SMILES string of the molecule is CCOc1ccc(OCCNC(=O)COC(=O)c2nn(-c3ccccc3)nc2C)cc1. The smallest absolute Gasteiger partial charge is 0.361 e. The van der Waals surface area contributed by atoms with Crippen molar-refractivity contribution in [1.82, 2.24) is 20.3 Å². The maximum absolute atomic E-state index is 12.3. The number of hydrogen-bond acceptors (Lipinski definition) is 7. The lowest BCUT2D eigenvalue weighted by Crippen LogP contribution is -2.32. The molecule has 9 nitrogen and oxygen atoms in total. The largest absolute Gasteiger partial charge is 0.494 e. The second-order valence-electron chi connectivity index (χ2n) is 6.44. The van der Waals surface area contributed by atoms with Gasteiger partial charge in [-0.1, -0.05) is 18.2 Å². The highest BCUT2D eigenvalue weighted by Gasteiger charge is 2.19. The van der Waals surface area contributed by atoms with Crippen LogP contribution in [-0.4, -0.2) is 53.2 Å². The van der Waals surface area contributed by atoms with E-state index < -0.39 is 18.5 Å². The Morgan fingerprint density at radius 3 is 2.32 bits per heavy atom. The second kappa shape index (κ2) is 10.8. The molecule has 1 N–H and O–H groups in total. The van der Waals surface area contributed by atoms with E-state index in [9.17, 15) is 9.59 Å². The maximum atomic E-state index is 12.3. The first-order valence-electron chi connectivity index (χ1n) is 9.85. The molecule has 31 heavy (non-hydrogen) atoms. The van der Waals surface area contributed by atoms with Crippen LogP contribution in [-0.2, 0) is 9.53 Å². The Labute approximate surface area is 179 Å². The number of ether oxygens (including phenoxy) is 3. The number of rotatable bonds is 10. The Bertz CT molecular complexity index is 1000. The lowest BCUT2D eigenvalue weighted by molar-refractivity contribution is -0.124. The predicted molar refractivity (Wildman–Crippen MR) is 112 cm³/mol. The number of amides is 1. The van der Waals surface area contributed by atoms with Gasteiger partial charge >= 0.3 is 5.97 Å². The molecule has 0 aliphatic carbocycles. The van der Waals surface area contributed by atoms with E-state index in [0.29, 0.717) is 18.1 Å². The van der Waals surface area contributed by atoms with Crippen LogP contribution in [0, 0.1) is 6.92 Å². The third-order valence-electron chi connectivity index (χ3n) is 4.12. The van der Waals surface area contributed by atoms with Crippen molar-refractivity contribution in [2.24, 2.45) is 0 Å². The fourth-order valence-corrected chi connectivity index (χ4v) is 2.65. The first-order chi connectivity index (χ1) is 15.1. The number of carbonyl (C=O) groups is 2. The average molecular weight is 424 g/mol. The summed E-state index contributed by atoms with van der Waals surface area (Å²) >= 11 is 0. The number of para-hydroxylation sites is 1. The second-order valence-corrected chi connectivity index (χ2v) is 6.44. The van der Waals surface area contributed by atoms with Crippen LogP contribution in [0.25, 0.3) is 5.69 Å². The van der Waals surface area contributed by atoms with Gasteiger partial charge in [-0.25, -0.2) is 4.79 Å². The molecule has 1 heterocycles. The molecule has 3 rings (SSSR count). The average Bonchev–Trinajstić information content (AvgIpc) is 3.19. The van der Waals surface area contributed by atoms with Crippen LogP contribution in [0.15, 0.2) is 54.6 Å². The van der Waals surface area contributed by atoms with Gasteiger partial charge in [0.2, 0.25) is 0 Å². The lowest BCUT2D eigenvalue weighted by Gasteiger charge is -2.09. The number of benzene rings is 2. The van der Waals surface area contributed by atoms with Gasteiger partial charge in [0.15, 0.2) is 12.3 Å². The lowest BCUT2D eigenvalue weighted by atomic mass is 10.3. The molecule has 0 saturated heterocycles. The predicted octanol–water partition coefficient (Wildman–Crippen LogP) is 2.33. The number of nitrogens with one attached hydrogen (secondary N) is 1. The minimum absolute atomic E-state index is 0.0653. The topological polar surface area (TPSA) is 105 Å². The van der Waals surface area contributed by atoms with E-state index in [4.69, 9.17) is 14.2 Å². The maximum Gasteiger partial charge on any atom is 0.361 e. The Hall–Kier alpha value is -3.88. The van der Waals surface area contributed by atoms with Gasteiger partial charge < -0.3 is 19.5 Å². The molecule has 0 unspecified atom stereocenters. The van der Waals surface area contributed by atoms with Crippen LogP contribution in [0.2, 0.25) is 0 Å². The zero-order valence-electron chi connectivity index (χ0n) is 17.4. The Morgan fingerprint density at radius 2 is 1.65 bits per heavy atom. The molecular weight excluding hydrogens is 400 g/mol. The molecule has 162 valence electrons. The highest BCUT2D eigenvalue weighted by molar-refractivity contribution is 5.90. The molecule has 0 radical (unpaired) electrons. The summed E-state index contributed by atoms with van der Waals surface area (Å²) < 4.78 is 16.0. The zero-order valence-corrected chi connectivity index (χ0v) is 17.4. The minimum Gasteiger partial charge on any atom is -0.494 e. The van der Waals surface area contributed by atoms with Gasteiger partial charge in [-0.05, 0) is 50.2 Å². The van der Waals surface area contributed by atoms with E-state index in [1.54, 1.807) is 19.1 Å². The molecule has 0 saturated carbocycles. The Balaban J connectivity index is 1.39. The summed E-state index contributed by atoms with van der Waals surface area (Å²) in [5, 5.41) is 11.0. The van der Waals surface area contributed by atoms with Gasteiger partial charge in [-0.15, -0.1) is 5.10 Å². The molecule has 9 heteroatoms. The third kappa shape index (κ3) is 6.30. The number of esters is 1. The first-order valence-corrected chi connectivity index (χ1v) is 9.85. The van der Waals surface area contributed by atoms with Gasteiger partial charge in [0, 0.05) is 0 Å². The summed E-state index contributed by atoms with van der Waals surface area (Å²) in [6.45, 7) is 4.30. The monoisotopic (exact) mass is 424 g/mol. The van der Waals surface area contributed by atoms with Crippen LogP contribution < -0.4 is 14.8 Å². The van der Waals surface area contributed by atoms with Crippen LogP contribution in [0.4, 0.5) is 0 Å².